The van der Waals surface area contributed by atoms with Gasteiger partial charge in [0.2, 0.25) is 5.91 Å². The van der Waals surface area contributed by atoms with Crippen molar-refractivity contribution < 1.29 is 74.8 Å². The van der Waals surface area contributed by atoms with Gasteiger partial charge in [-0.05, 0) is 12.8 Å². The summed E-state index contributed by atoms with van der Waals surface area (Å²) in [6.07, 6.45) is 16.3. The third-order valence-corrected chi connectivity index (χ3v) is 14.3. The second kappa shape index (κ2) is 40.3. The molecule has 14 atom stereocenters. The minimum atomic E-state index is -1.87. The number of unbranched alkanes of at least 4 members (excludes halogenated alkanes) is 29. The lowest BCUT2D eigenvalue weighted by Gasteiger charge is -2.46. The number of carbonyl (C=O) groups is 1. The first-order valence-corrected chi connectivity index (χ1v) is 28.0. The zero-order valence-electron chi connectivity index (χ0n) is 43.1. The Morgan fingerprint density at radius 3 is 1.25 bits per heavy atom. The van der Waals surface area contributed by atoms with Gasteiger partial charge in [0.15, 0.2) is 12.6 Å². The van der Waals surface area contributed by atoms with Crippen LogP contribution in [0.2, 0.25) is 0 Å². The lowest BCUT2D eigenvalue weighted by molar-refractivity contribution is -0.368. The van der Waals surface area contributed by atoms with Crippen molar-refractivity contribution in [3.63, 3.8) is 0 Å². The Bertz CT molecular complexity index is 1210. The van der Waals surface area contributed by atoms with Gasteiger partial charge in [-0.3, -0.25) is 4.79 Å². The molecule has 0 aliphatic carbocycles. The molecule has 0 bridgehead atoms. The lowest BCUT2D eigenvalue weighted by Crippen LogP contribution is -2.65. The topological polar surface area (TPSA) is 268 Å². The molecule has 2 saturated heterocycles. The van der Waals surface area contributed by atoms with E-state index in [0.29, 0.717) is 12.8 Å². The summed E-state index contributed by atoms with van der Waals surface area (Å²) in [4.78, 5) is 13.4. The van der Waals surface area contributed by atoms with Crippen LogP contribution in [0.4, 0.5) is 0 Å². The first kappa shape index (κ1) is 64.0. The second-order valence-electron chi connectivity index (χ2n) is 20.4. The number of ether oxygens (including phenoxy) is 4. The van der Waals surface area contributed by atoms with E-state index in [0.717, 1.165) is 51.4 Å². The molecule has 2 aliphatic rings. The van der Waals surface area contributed by atoms with Gasteiger partial charge in [-0.2, -0.15) is 0 Å². The van der Waals surface area contributed by atoms with E-state index in [1.54, 1.807) is 0 Å². The summed E-state index contributed by atoms with van der Waals surface area (Å²) in [6, 6.07) is -1.31. The summed E-state index contributed by atoms with van der Waals surface area (Å²) in [5, 5.41) is 109. The Balaban J connectivity index is 1.93. The molecule has 410 valence electrons. The molecule has 0 spiro atoms. The molecule has 2 rings (SSSR count). The predicted octanol–water partition coefficient (Wildman–Crippen LogP) is 6.11. The minimum Gasteiger partial charge on any atom is -0.394 e. The number of hydrogen-bond donors (Lipinski definition) is 11. The molecule has 1 unspecified atom stereocenters. The van der Waals surface area contributed by atoms with Crippen molar-refractivity contribution in [3.05, 3.63) is 0 Å². The third-order valence-electron chi connectivity index (χ3n) is 14.3. The molecular formula is C53H103NO15. The van der Waals surface area contributed by atoms with E-state index in [4.69, 9.17) is 18.9 Å². The summed E-state index contributed by atoms with van der Waals surface area (Å²) in [6.45, 7) is 2.42. The maximum Gasteiger partial charge on any atom is 0.249 e. The predicted molar refractivity (Wildman–Crippen MR) is 266 cm³/mol. The quantitative estimate of drug-likeness (QED) is 0.0308. The molecule has 0 aromatic rings. The molecule has 2 heterocycles. The Hall–Kier alpha value is -1.09. The molecule has 0 aromatic carbocycles. The van der Waals surface area contributed by atoms with Crippen LogP contribution in [0, 0.1) is 0 Å². The Kier molecular flexibility index (Phi) is 37.4. The Morgan fingerprint density at radius 2 is 0.841 bits per heavy atom. The highest BCUT2D eigenvalue weighted by Gasteiger charge is 2.51. The monoisotopic (exact) mass is 994 g/mol. The fraction of sp³-hybridized carbons (Fsp3) is 0.981. The molecule has 0 aromatic heterocycles. The summed E-state index contributed by atoms with van der Waals surface area (Å²) in [5.41, 5.74) is 0. The molecular weight excluding hydrogens is 891 g/mol. The zero-order valence-corrected chi connectivity index (χ0v) is 43.1. The number of aliphatic hydroxyl groups is 10. The summed E-state index contributed by atoms with van der Waals surface area (Å²) in [7, 11) is 0. The normalized spacial score (nSPS) is 27.0. The van der Waals surface area contributed by atoms with Crippen LogP contribution >= 0.6 is 0 Å². The number of aliphatic hydroxyl groups excluding tert-OH is 10. The summed E-state index contributed by atoms with van der Waals surface area (Å²) < 4.78 is 22.9. The van der Waals surface area contributed by atoms with Gasteiger partial charge in [0, 0.05) is 0 Å². The van der Waals surface area contributed by atoms with E-state index in [2.05, 4.69) is 19.2 Å². The van der Waals surface area contributed by atoms with Crippen molar-refractivity contribution in [2.45, 2.75) is 312 Å². The van der Waals surface area contributed by atoms with Crippen LogP contribution in [0.15, 0.2) is 0 Å². The van der Waals surface area contributed by atoms with E-state index < -0.39 is 111 Å². The van der Waals surface area contributed by atoms with Crippen LogP contribution < -0.4 is 5.32 Å². The van der Waals surface area contributed by atoms with Gasteiger partial charge in [0.25, 0.3) is 0 Å². The van der Waals surface area contributed by atoms with Gasteiger partial charge in [-0.15, -0.1) is 0 Å². The highest BCUT2D eigenvalue weighted by molar-refractivity contribution is 5.80. The SMILES string of the molecule is CCCCCCCCCCCCCCCCCC[C@@H](O)C(=O)N[C@@H](CO[C@H]1O[C@H](CO)[C@H](O)[C@H](O)[C@H]1OC1O[C@H](CO)[C@H](O)[C@H](O)[C@H]1O)[C@H](O)[C@H](O)CCCCCCCCCCCCCCCCC. The van der Waals surface area contributed by atoms with Crippen molar-refractivity contribution in [2.24, 2.45) is 0 Å². The van der Waals surface area contributed by atoms with E-state index in [9.17, 15) is 55.9 Å². The maximum absolute atomic E-state index is 13.4. The average molecular weight is 994 g/mol. The van der Waals surface area contributed by atoms with Gasteiger partial charge in [-0.1, -0.05) is 213 Å². The van der Waals surface area contributed by atoms with Crippen molar-refractivity contribution in [3.8, 4) is 0 Å². The zero-order chi connectivity index (χ0) is 50.7. The molecule has 2 aliphatic heterocycles. The number of nitrogens with one attached hydrogen (secondary N) is 1. The Labute approximate surface area is 416 Å². The van der Waals surface area contributed by atoms with Crippen LogP contribution in [-0.4, -0.2) is 163 Å². The number of amides is 1. The first-order chi connectivity index (χ1) is 33.4. The smallest absolute Gasteiger partial charge is 0.249 e. The number of carbonyl (C=O) groups excluding carboxylic acids is 1. The van der Waals surface area contributed by atoms with Crippen molar-refractivity contribution in [1.82, 2.24) is 5.32 Å². The van der Waals surface area contributed by atoms with E-state index in [1.807, 2.05) is 0 Å². The van der Waals surface area contributed by atoms with Crippen LogP contribution in [0.1, 0.15) is 226 Å². The molecule has 11 N–H and O–H groups in total. The standard InChI is InChI=1S/C53H103NO15/c1-3-5-7-9-11-13-15-17-19-21-23-25-27-29-31-33-35-41(58)51(65)54-39(44(59)40(57)34-32-30-28-26-24-22-20-18-16-14-12-10-8-6-4-2)38-66-53-50(48(63)46(61)43(37-56)68-53)69-52-49(64)47(62)45(60)42(36-55)67-52/h39-50,52-53,55-64H,3-38H2,1-2H3,(H,54,65)/t39-,40+,41+,42+,43+,44-,45-,46-,47-,48-,49+,50+,52?,53-/m0/s1. The third kappa shape index (κ3) is 26.6. The lowest BCUT2D eigenvalue weighted by atomic mass is 9.97. The molecule has 1 amide bonds. The molecule has 0 radical (unpaired) electrons. The molecule has 0 saturated carbocycles. The van der Waals surface area contributed by atoms with Crippen molar-refractivity contribution >= 4 is 5.91 Å². The van der Waals surface area contributed by atoms with Gasteiger partial charge in [0.1, 0.15) is 61.0 Å². The van der Waals surface area contributed by atoms with E-state index in [-0.39, 0.29) is 12.8 Å². The van der Waals surface area contributed by atoms with Crippen LogP contribution in [0.3, 0.4) is 0 Å². The van der Waals surface area contributed by atoms with Gasteiger partial charge in [0.05, 0.1) is 32.0 Å². The van der Waals surface area contributed by atoms with Crippen LogP contribution in [0.25, 0.3) is 0 Å². The summed E-state index contributed by atoms with van der Waals surface area (Å²) >= 11 is 0. The van der Waals surface area contributed by atoms with Crippen LogP contribution in [-0.2, 0) is 23.7 Å². The largest absolute Gasteiger partial charge is 0.394 e. The van der Waals surface area contributed by atoms with Crippen molar-refractivity contribution in [1.29, 1.82) is 0 Å². The van der Waals surface area contributed by atoms with Crippen molar-refractivity contribution in [2.75, 3.05) is 19.8 Å². The highest BCUT2D eigenvalue weighted by Crippen LogP contribution is 2.30. The van der Waals surface area contributed by atoms with Crippen LogP contribution in [0.5, 0.6) is 0 Å². The minimum absolute atomic E-state index is 0.193. The highest BCUT2D eigenvalue weighted by atomic mass is 16.8. The average Bonchev–Trinajstić information content (AvgIpc) is 3.35. The van der Waals surface area contributed by atoms with Gasteiger partial charge in [-0.25, -0.2) is 0 Å². The van der Waals surface area contributed by atoms with Gasteiger partial charge < -0.3 is 75.3 Å². The molecule has 16 heteroatoms. The summed E-state index contributed by atoms with van der Waals surface area (Å²) in [5.74, 6) is -0.773. The molecule has 16 nitrogen and oxygen atoms in total. The van der Waals surface area contributed by atoms with Gasteiger partial charge >= 0.3 is 0 Å². The van der Waals surface area contributed by atoms with E-state index >= 15 is 0 Å². The number of hydrogen-bond acceptors (Lipinski definition) is 15. The fourth-order valence-corrected chi connectivity index (χ4v) is 9.55. The fourth-order valence-electron chi connectivity index (χ4n) is 9.55. The number of rotatable bonds is 44. The molecule has 2 fully saturated rings. The first-order valence-electron chi connectivity index (χ1n) is 28.0. The maximum atomic E-state index is 13.4. The van der Waals surface area contributed by atoms with E-state index in [1.165, 1.54) is 135 Å². The second-order valence-corrected chi connectivity index (χ2v) is 20.4. The Morgan fingerprint density at radius 1 is 0.478 bits per heavy atom. The molecule has 69 heavy (non-hydrogen) atoms.